The van der Waals surface area contributed by atoms with Crippen LogP contribution in [0.15, 0.2) is 0 Å². The van der Waals surface area contributed by atoms with Crippen LogP contribution in [-0.2, 0) is 4.79 Å². The minimum atomic E-state index is -1.00. The molecule has 0 aromatic carbocycles. The van der Waals surface area contributed by atoms with Gasteiger partial charge in [0, 0.05) is 12.6 Å². The van der Waals surface area contributed by atoms with Gasteiger partial charge in [0.15, 0.2) is 0 Å². The number of hydrogen-bond acceptors (Lipinski definition) is 3. The number of carboxylic acid groups (broad SMARTS) is 1. The smallest absolute Gasteiger partial charge is 0.306 e. The van der Waals surface area contributed by atoms with Gasteiger partial charge in [0.05, 0.1) is 12.0 Å². The van der Waals surface area contributed by atoms with Gasteiger partial charge in [-0.3, -0.25) is 9.69 Å². The summed E-state index contributed by atoms with van der Waals surface area (Å²) in [5, 5.41) is 19.3. The third kappa shape index (κ3) is 3.69. The number of aliphatic hydroxyl groups is 1. The van der Waals surface area contributed by atoms with Gasteiger partial charge in [0.25, 0.3) is 0 Å². The lowest BCUT2D eigenvalue weighted by atomic mass is 9.88. The third-order valence-electron chi connectivity index (χ3n) is 4.41. The molecule has 1 atom stereocenters. The van der Waals surface area contributed by atoms with E-state index in [0.717, 1.165) is 13.0 Å². The summed E-state index contributed by atoms with van der Waals surface area (Å²) in [7, 11) is 0. The molecule has 1 aliphatic carbocycles. The lowest BCUT2D eigenvalue weighted by Gasteiger charge is -2.42. The number of nitrogens with zero attached hydrogens (tertiary/aromatic N) is 1. The second-order valence-corrected chi connectivity index (χ2v) is 6.01. The van der Waals surface area contributed by atoms with Crippen molar-refractivity contribution in [1.29, 1.82) is 0 Å². The SMILES string of the molecule is O=C(O)CC1(O)CCCN(C2CCCCCC2)C1. The molecule has 1 unspecified atom stereocenters. The Kier molecular flexibility index (Phi) is 4.62. The lowest BCUT2D eigenvalue weighted by molar-refractivity contribution is -0.145. The molecule has 2 rings (SSSR count). The van der Waals surface area contributed by atoms with Gasteiger partial charge < -0.3 is 10.2 Å². The summed E-state index contributed by atoms with van der Waals surface area (Å²) in [6, 6.07) is 0.563. The molecule has 0 spiro atoms. The van der Waals surface area contributed by atoms with Crippen LogP contribution in [0.2, 0.25) is 0 Å². The van der Waals surface area contributed by atoms with Gasteiger partial charge in [-0.15, -0.1) is 0 Å². The molecule has 0 radical (unpaired) electrons. The highest BCUT2D eigenvalue weighted by Gasteiger charge is 2.37. The summed E-state index contributed by atoms with van der Waals surface area (Å²) in [5.41, 5.74) is -1.00. The first-order chi connectivity index (χ1) is 8.59. The van der Waals surface area contributed by atoms with Crippen molar-refractivity contribution in [2.24, 2.45) is 0 Å². The van der Waals surface area contributed by atoms with E-state index >= 15 is 0 Å². The molecule has 1 heterocycles. The largest absolute Gasteiger partial charge is 0.481 e. The summed E-state index contributed by atoms with van der Waals surface area (Å²) < 4.78 is 0. The zero-order valence-corrected chi connectivity index (χ0v) is 11.1. The minimum absolute atomic E-state index is 0.115. The van der Waals surface area contributed by atoms with Crippen molar-refractivity contribution in [3.8, 4) is 0 Å². The van der Waals surface area contributed by atoms with Crippen LogP contribution < -0.4 is 0 Å². The number of carboxylic acids is 1. The number of rotatable bonds is 3. The topological polar surface area (TPSA) is 60.8 Å². The fraction of sp³-hybridized carbons (Fsp3) is 0.929. The minimum Gasteiger partial charge on any atom is -0.481 e. The molecule has 104 valence electrons. The maximum atomic E-state index is 10.8. The number of carbonyl (C=O) groups is 1. The van der Waals surface area contributed by atoms with Crippen molar-refractivity contribution in [2.75, 3.05) is 13.1 Å². The average molecular weight is 255 g/mol. The van der Waals surface area contributed by atoms with E-state index in [0.29, 0.717) is 19.0 Å². The summed E-state index contributed by atoms with van der Waals surface area (Å²) in [6.07, 6.45) is 9.05. The molecular formula is C14H25NO3. The van der Waals surface area contributed by atoms with Crippen LogP contribution in [0.25, 0.3) is 0 Å². The molecule has 0 aromatic heterocycles. The van der Waals surface area contributed by atoms with Crippen molar-refractivity contribution in [2.45, 2.75) is 69.4 Å². The highest BCUT2D eigenvalue weighted by atomic mass is 16.4. The number of hydrogen-bond donors (Lipinski definition) is 2. The number of piperidine rings is 1. The van der Waals surface area contributed by atoms with Gasteiger partial charge in [0.1, 0.15) is 0 Å². The molecule has 1 saturated heterocycles. The zero-order chi connectivity index (χ0) is 13.0. The van der Waals surface area contributed by atoms with Crippen molar-refractivity contribution in [3.63, 3.8) is 0 Å². The maximum absolute atomic E-state index is 10.8. The Labute approximate surface area is 109 Å². The van der Waals surface area contributed by atoms with Crippen molar-refractivity contribution >= 4 is 5.97 Å². The third-order valence-corrected chi connectivity index (χ3v) is 4.41. The van der Waals surface area contributed by atoms with E-state index in [1.165, 1.54) is 38.5 Å². The van der Waals surface area contributed by atoms with Crippen LogP contribution in [0.3, 0.4) is 0 Å². The predicted octanol–water partition coefficient (Wildman–Crippen LogP) is 2.01. The Morgan fingerprint density at radius 3 is 2.44 bits per heavy atom. The molecule has 18 heavy (non-hydrogen) atoms. The highest BCUT2D eigenvalue weighted by Crippen LogP contribution is 2.30. The fourth-order valence-electron chi connectivity index (χ4n) is 3.51. The summed E-state index contributed by atoms with van der Waals surface area (Å²) >= 11 is 0. The fourth-order valence-corrected chi connectivity index (χ4v) is 3.51. The van der Waals surface area contributed by atoms with E-state index in [9.17, 15) is 9.90 Å². The summed E-state index contributed by atoms with van der Waals surface area (Å²) in [5.74, 6) is -0.889. The molecule has 1 saturated carbocycles. The van der Waals surface area contributed by atoms with E-state index in [1.807, 2.05) is 0 Å². The zero-order valence-electron chi connectivity index (χ0n) is 11.1. The van der Waals surface area contributed by atoms with Crippen LogP contribution in [0.5, 0.6) is 0 Å². The molecule has 0 aromatic rings. The van der Waals surface area contributed by atoms with Gasteiger partial charge in [-0.25, -0.2) is 0 Å². The summed E-state index contributed by atoms with van der Waals surface area (Å²) in [4.78, 5) is 13.2. The van der Waals surface area contributed by atoms with Gasteiger partial charge in [-0.1, -0.05) is 25.7 Å². The molecule has 2 fully saturated rings. The second kappa shape index (κ2) is 6.02. The number of likely N-dealkylation sites (tertiary alicyclic amines) is 1. The molecule has 4 nitrogen and oxygen atoms in total. The molecule has 0 bridgehead atoms. The highest BCUT2D eigenvalue weighted by molar-refractivity contribution is 5.68. The van der Waals surface area contributed by atoms with E-state index < -0.39 is 11.6 Å². The van der Waals surface area contributed by atoms with Crippen molar-refractivity contribution in [1.82, 2.24) is 4.90 Å². The van der Waals surface area contributed by atoms with Gasteiger partial charge in [-0.05, 0) is 32.2 Å². The van der Waals surface area contributed by atoms with E-state index in [2.05, 4.69) is 4.90 Å². The monoisotopic (exact) mass is 255 g/mol. The van der Waals surface area contributed by atoms with E-state index in [-0.39, 0.29) is 6.42 Å². The Balaban J connectivity index is 1.94. The van der Waals surface area contributed by atoms with Crippen LogP contribution in [0.4, 0.5) is 0 Å². The molecule has 4 heteroatoms. The van der Waals surface area contributed by atoms with Gasteiger partial charge in [-0.2, -0.15) is 0 Å². The van der Waals surface area contributed by atoms with Crippen molar-refractivity contribution < 1.29 is 15.0 Å². The first-order valence-electron chi connectivity index (χ1n) is 7.27. The van der Waals surface area contributed by atoms with Gasteiger partial charge in [0.2, 0.25) is 0 Å². The Hall–Kier alpha value is -0.610. The predicted molar refractivity (Wildman–Crippen MR) is 69.5 cm³/mol. The standard InChI is InChI=1S/C14H25NO3/c16-13(17)10-14(18)8-5-9-15(11-14)12-6-3-1-2-4-7-12/h12,18H,1-11H2,(H,16,17). The van der Waals surface area contributed by atoms with Crippen LogP contribution >= 0.6 is 0 Å². The van der Waals surface area contributed by atoms with Crippen LogP contribution in [0, 0.1) is 0 Å². The normalized spacial score (nSPS) is 32.1. The second-order valence-electron chi connectivity index (χ2n) is 6.01. The quantitative estimate of drug-likeness (QED) is 0.757. The Morgan fingerprint density at radius 2 is 1.83 bits per heavy atom. The molecular weight excluding hydrogens is 230 g/mol. The molecule has 1 aliphatic heterocycles. The first kappa shape index (κ1) is 13.8. The Bertz CT molecular complexity index is 287. The Morgan fingerprint density at radius 1 is 1.17 bits per heavy atom. The molecule has 2 aliphatic rings. The summed E-state index contributed by atoms with van der Waals surface area (Å²) in [6.45, 7) is 1.57. The van der Waals surface area contributed by atoms with Crippen LogP contribution in [0.1, 0.15) is 57.8 Å². The van der Waals surface area contributed by atoms with E-state index in [4.69, 9.17) is 5.11 Å². The van der Waals surface area contributed by atoms with Crippen molar-refractivity contribution in [3.05, 3.63) is 0 Å². The van der Waals surface area contributed by atoms with Gasteiger partial charge >= 0.3 is 5.97 Å². The molecule has 2 N–H and O–H groups in total. The van der Waals surface area contributed by atoms with Crippen LogP contribution in [-0.4, -0.2) is 45.8 Å². The van der Waals surface area contributed by atoms with E-state index in [1.54, 1.807) is 0 Å². The average Bonchev–Trinajstić information content (AvgIpc) is 2.55. The number of β-amino-alcohol motifs (C(OH)–C–C–N with tert-alkyl or cyclic N) is 1. The maximum Gasteiger partial charge on any atom is 0.306 e. The lowest BCUT2D eigenvalue weighted by Crippen LogP contribution is -2.52. The molecule has 0 amide bonds. The number of aliphatic carboxylic acids is 1. The first-order valence-corrected chi connectivity index (χ1v) is 7.27.